The van der Waals surface area contributed by atoms with Crippen LogP contribution in [0.4, 0.5) is 13.2 Å². The van der Waals surface area contributed by atoms with Crippen molar-refractivity contribution in [1.29, 1.82) is 0 Å². The molecule has 0 fully saturated rings. The van der Waals surface area contributed by atoms with Gasteiger partial charge < -0.3 is 14.9 Å². The van der Waals surface area contributed by atoms with Crippen molar-refractivity contribution in [3.05, 3.63) is 23.8 Å². The van der Waals surface area contributed by atoms with Crippen LogP contribution in [0.15, 0.2) is 18.2 Å². The molecule has 0 aliphatic carbocycles. The van der Waals surface area contributed by atoms with Gasteiger partial charge in [-0.15, -0.1) is 0 Å². The van der Waals surface area contributed by atoms with Gasteiger partial charge in [0.15, 0.2) is 6.10 Å². The summed E-state index contributed by atoms with van der Waals surface area (Å²) in [6, 6.07) is 3.02. The first-order chi connectivity index (χ1) is 6.86. The normalized spacial score (nSPS) is 13.7. The summed E-state index contributed by atoms with van der Waals surface area (Å²) < 4.78 is 41.2. The SMILES string of the molecule is COc1cc(O)ccc1[C@H](O)C(F)(F)F. The van der Waals surface area contributed by atoms with Crippen LogP contribution in [0.3, 0.4) is 0 Å². The maximum Gasteiger partial charge on any atom is 0.418 e. The number of rotatable bonds is 2. The van der Waals surface area contributed by atoms with Crippen LogP contribution < -0.4 is 4.74 Å². The molecule has 1 atom stereocenters. The second-order valence-electron chi connectivity index (χ2n) is 2.87. The average Bonchev–Trinajstić information content (AvgIpc) is 2.15. The van der Waals surface area contributed by atoms with E-state index in [2.05, 4.69) is 4.74 Å². The molecule has 1 aromatic carbocycles. The van der Waals surface area contributed by atoms with E-state index in [0.29, 0.717) is 0 Å². The van der Waals surface area contributed by atoms with E-state index >= 15 is 0 Å². The summed E-state index contributed by atoms with van der Waals surface area (Å²) in [6.45, 7) is 0. The van der Waals surface area contributed by atoms with E-state index in [9.17, 15) is 13.2 Å². The van der Waals surface area contributed by atoms with Crippen molar-refractivity contribution < 1.29 is 28.1 Å². The predicted octanol–water partition coefficient (Wildman–Crippen LogP) is 2.00. The predicted molar refractivity (Wildman–Crippen MR) is 45.7 cm³/mol. The fraction of sp³-hybridized carbons (Fsp3) is 0.333. The Labute approximate surface area is 83.7 Å². The molecule has 1 aromatic rings. The van der Waals surface area contributed by atoms with E-state index < -0.39 is 17.8 Å². The summed E-state index contributed by atoms with van der Waals surface area (Å²) in [5, 5.41) is 18.0. The van der Waals surface area contributed by atoms with Crippen LogP contribution in [0.25, 0.3) is 0 Å². The molecule has 0 unspecified atom stereocenters. The Balaban J connectivity index is 3.14. The minimum absolute atomic E-state index is 0.208. The zero-order valence-corrected chi connectivity index (χ0v) is 7.75. The molecule has 0 bridgehead atoms. The summed E-state index contributed by atoms with van der Waals surface area (Å²) in [4.78, 5) is 0. The molecule has 1 rings (SSSR count). The highest BCUT2D eigenvalue weighted by Gasteiger charge is 2.40. The van der Waals surface area contributed by atoms with Gasteiger partial charge in [-0.25, -0.2) is 0 Å². The summed E-state index contributed by atoms with van der Waals surface area (Å²) in [5.74, 6) is -0.440. The highest BCUT2D eigenvalue weighted by Crippen LogP contribution is 2.38. The molecule has 2 N–H and O–H groups in total. The molecule has 3 nitrogen and oxygen atoms in total. The third-order valence-electron chi connectivity index (χ3n) is 1.82. The lowest BCUT2D eigenvalue weighted by atomic mass is 10.1. The van der Waals surface area contributed by atoms with E-state index in [1.807, 2.05) is 0 Å². The maximum absolute atomic E-state index is 12.2. The Hall–Kier alpha value is -1.43. The van der Waals surface area contributed by atoms with Crippen molar-refractivity contribution in [3.8, 4) is 11.5 Å². The number of aromatic hydroxyl groups is 1. The number of ether oxygens (including phenoxy) is 1. The molecular weight excluding hydrogens is 213 g/mol. The zero-order valence-electron chi connectivity index (χ0n) is 7.75. The van der Waals surface area contributed by atoms with Crippen LogP contribution in [0.2, 0.25) is 0 Å². The molecule has 0 radical (unpaired) electrons. The highest BCUT2D eigenvalue weighted by molar-refractivity contribution is 5.41. The molecule has 0 saturated heterocycles. The molecule has 0 aromatic heterocycles. The van der Waals surface area contributed by atoms with E-state index in [-0.39, 0.29) is 11.5 Å². The van der Waals surface area contributed by atoms with Gasteiger partial charge in [0.05, 0.1) is 7.11 Å². The fourth-order valence-corrected chi connectivity index (χ4v) is 1.10. The number of phenols is 1. The largest absolute Gasteiger partial charge is 0.508 e. The summed E-state index contributed by atoms with van der Waals surface area (Å²) >= 11 is 0. The summed E-state index contributed by atoms with van der Waals surface area (Å²) in [6.07, 6.45) is -7.38. The number of alkyl halides is 3. The van der Waals surface area contributed by atoms with E-state index in [1.54, 1.807) is 0 Å². The van der Waals surface area contributed by atoms with Crippen LogP contribution in [-0.4, -0.2) is 23.5 Å². The minimum atomic E-state index is -4.76. The van der Waals surface area contributed by atoms with E-state index in [1.165, 1.54) is 0 Å². The van der Waals surface area contributed by atoms with Crippen LogP contribution in [0.1, 0.15) is 11.7 Å². The molecule has 0 heterocycles. The van der Waals surface area contributed by atoms with Crippen LogP contribution in [0, 0.1) is 0 Å². The second-order valence-corrected chi connectivity index (χ2v) is 2.87. The lowest BCUT2D eigenvalue weighted by Crippen LogP contribution is -2.20. The van der Waals surface area contributed by atoms with Crippen molar-refractivity contribution in [1.82, 2.24) is 0 Å². The molecule has 6 heteroatoms. The molecule has 0 saturated carbocycles. The maximum atomic E-state index is 12.2. The van der Waals surface area contributed by atoms with Gasteiger partial charge in [0.25, 0.3) is 0 Å². The van der Waals surface area contributed by atoms with Crippen molar-refractivity contribution in [2.75, 3.05) is 7.11 Å². The number of benzene rings is 1. The number of phenolic OH excluding ortho intramolecular Hbond substituents is 1. The highest BCUT2D eigenvalue weighted by atomic mass is 19.4. The molecule has 0 amide bonds. The summed E-state index contributed by atoms with van der Waals surface area (Å²) in [5.41, 5.74) is -0.428. The minimum Gasteiger partial charge on any atom is -0.508 e. The first-order valence-corrected chi connectivity index (χ1v) is 3.98. The van der Waals surface area contributed by atoms with Crippen molar-refractivity contribution in [2.45, 2.75) is 12.3 Å². The average molecular weight is 222 g/mol. The van der Waals surface area contributed by atoms with Gasteiger partial charge in [0, 0.05) is 11.6 Å². The Morgan fingerprint density at radius 1 is 1.33 bits per heavy atom. The van der Waals surface area contributed by atoms with Crippen LogP contribution >= 0.6 is 0 Å². The van der Waals surface area contributed by atoms with Gasteiger partial charge in [0.1, 0.15) is 11.5 Å². The number of hydrogen-bond donors (Lipinski definition) is 2. The van der Waals surface area contributed by atoms with E-state index in [0.717, 1.165) is 25.3 Å². The first kappa shape index (κ1) is 11.6. The fourth-order valence-electron chi connectivity index (χ4n) is 1.10. The monoisotopic (exact) mass is 222 g/mol. The number of aliphatic hydroxyl groups excluding tert-OH is 1. The van der Waals surface area contributed by atoms with Crippen molar-refractivity contribution in [3.63, 3.8) is 0 Å². The number of methoxy groups -OCH3 is 1. The molecule has 0 aliphatic rings. The number of hydrogen-bond acceptors (Lipinski definition) is 3. The Morgan fingerprint density at radius 3 is 2.40 bits per heavy atom. The van der Waals surface area contributed by atoms with Gasteiger partial charge in [-0.1, -0.05) is 0 Å². The Morgan fingerprint density at radius 2 is 1.93 bits per heavy atom. The van der Waals surface area contributed by atoms with Crippen molar-refractivity contribution >= 4 is 0 Å². The van der Waals surface area contributed by atoms with E-state index in [4.69, 9.17) is 10.2 Å². The van der Waals surface area contributed by atoms with Gasteiger partial charge in [0.2, 0.25) is 0 Å². The van der Waals surface area contributed by atoms with Crippen molar-refractivity contribution in [2.24, 2.45) is 0 Å². The quantitative estimate of drug-likeness (QED) is 0.804. The van der Waals surface area contributed by atoms with Gasteiger partial charge in [-0.3, -0.25) is 0 Å². The Kier molecular flexibility index (Phi) is 3.09. The molecule has 0 spiro atoms. The first-order valence-electron chi connectivity index (χ1n) is 3.98. The Bertz CT molecular complexity index is 349. The third-order valence-corrected chi connectivity index (χ3v) is 1.82. The second kappa shape index (κ2) is 3.98. The number of halogens is 3. The lowest BCUT2D eigenvalue weighted by molar-refractivity contribution is -0.207. The van der Waals surface area contributed by atoms with Gasteiger partial charge in [-0.05, 0) is 12.1 Å². The lowest BCUT2D eigenvalue weighted by Gasteiger charge is -2.17. The summed E-state index contributed by atoms with van der Waals surface area (Å²) in [7, 11) is 1.15. The smallest absolute Gasteiger partial charge is 0.418 e. The molecule has 0 aliphatic heterocycles. The number of aliphatic hydroxyl groups is 1. The molecule has 15 heavy (non-hydrogen) atoms. The van der Waals surface area contributed by atoms with Crippen LogP contribution in [-0.2, 0) is 0 Å². The van der Waals surface area contributed by atoms with Crippen LogP contribution in [0.5, 0.6) is 11.5 Å². The zero-order chi connectivity index (χ0) is 11.6. The topological polar surface area (TPSA) is 49.7 Å². The van der Waals surface area contributed by atoms with Gasteiger partial charge >= 0.3 is 6.18 Å². The standard InChI is InChI=1S/C9H9F3O3/c1-15-7-4-5(13)2-3-6(7)8(14)9(10,11)12/h2-4,8,13-14H,1H3/t8-/m0/s1. The van der Waals surface area contributed by atoms with Gasteiger partial charge in [-0.2, -0.15) is 13.2 Å². The third kappa shape index (κ3) is 2.53. The molecule has 84 valence electrons. The molecular formula is C9H9F3O3.